The van der Waals surface area contributed by atoms with Crippen molar-refractivity contribution in [2.24, 2.45) is 14.1 Å². The van der Waals surface area contributed by atoms with Crippen LogP contribution in [-0.2, 0) is 14.1 Å². The van der Waals surface area contributed by atoms with E-state index in [0.717, 1.165) is 9.13 Å². The zero-order chi connectivity index (χ0) is 21.5. The van der Waals surface area contributed by atoms with Gasteiger partial charge in [-0.15, -0.1) is 0 Å². The van der Waals surface area contributed by atoms with Crippen LogP contribution >= 0.6 is 0 Å². The summed E-state index contributed by atoms with van der Waals surface area (Å²) in [4.78, 5) is 37.7. The number of aryl methyl sites for hydroxylation is 1. The van der Waals surface area contributed by atoms with Crippen molar-refractivity contribution in [3.8, 4) is 17.4 Å². The molecule has 2 N–H and O–H groups in total. The summed E-state index contributed by atoms with van der Waals surface area (Å²) in [6.07, 6.45) is 0. The molecule has 9 nitrogen and oxygen atoms in total. The number of hydrogen-bond donors (Lipinski definition) is 2. The fourth-order valence-electron chi connectivity index (χ4n) is 3.26. The van der Waals surface area contributed by atoms with Gasteiger partial charge >= 0.3 is 11.3 Å². The number of aromatic nitrogens is 2. The molecular formula is C20H20N2O7. The van der Waals surface area contributed by atoms with Gasteiger partial charge in [-0.05, 0) is 24.6 Å². The van der Waals surface area contributed by atoms with Gasteiger partial charge < -0.3 is 19.4 Å². The van der Waals surface area contributed by atoms with E-state index in [0.29, 0.717) is 11.3 Å². The summed E-state index contributed by atoms with van der Waals surface area (Å²) in [6.45, 7) is 1.50. The second kappa shape index (κ2) is 7.34. The molecule has 3 aromatic rings. The molecule has 0 aliphatic carbocycles. The predicted molar refractivity (Wildman–Crippen MR) is 104 cm³/mol. The quantitative estimate of drug-likeness (QED) is 0.668. The smallest absolute Gasteiger partial charge is 0.343 e. The summed E-state index contributed by atoms with van der Waals surface area (Å²) >= 11 is 0. The van der Waals surface area contributed by atoms with Gasteiger partial charge in [0.2, 0.25) is 5.88 Å². The van der Waals surface area contributed by atoms with Crippen LogP contribution in [0, 0.1) is 6.92 Å². The molecule has 152 valence electrons. The molecular weight excluding hydrogens is 380 g/mol. The third kappa shape index (κ3) is 3.31. The average molecular weight is 400 g/mol. The van der Waals surface area contributed by atoms with Crippen molar-refractivity contribution in [1.82, 2.24) is 9.13 Å². The highest BCUT2D eigenvalue weighted by Crippen LogP contribution is 2.37. The Morgan fingerprint density at radius 3 is 2.17 bits per heavy atom. The summed E-state index contributed by atoms with van der Waals surface area (Å²) in [5, 5.41) is 21.1. The molecule has 3 rings (SSSR count). The highest BCUT2D eigenvalue weighted by Gasteiger charge is 2.31. The van der Waals surface area contributed by atoms with Crippen molar-refractivity contribution in [1.29, 1.82) is 0 Å². The molecule has 0 saturated carbocycles. The molecule has 0 amide bonds. The Balaban J connectivity index is 2.45. The lowest BCUT2D eigenvalue weighted by atomic mass is 9.86. The first-order valence-corrected chi connectivity index (χ1v) is 8.63. The van der Waals surface area contributed by atoms with Crippen molar-refractivity contribution in [3.05, 3.63) is 84.0 Å². The maximum absolute atomic E-state index is 12.9. The van der Waals surface area contributed by atoms with Gasteiger partial charge in [0.25, 0.3) is 5.56 Å². The largest absolute Gasteiger partial charge is 0.507 e. The molecule has 0 fully saturated rings. The first-order valence-electron chi connectivity index (χ1n) is 8.63. The lowest BCUT2D eigenvalue weighted by molar-refractivity contribution is 0.396. The molecule has 1 atom stereocenters. The van der Waals surface area contributed by atoms with Gasteiger partial charge in [0.05, 0.1) is 24.2 Å². The van der Waals surface area contributed by atoms with Gasteiger partial charge in [-0.2, -0.15) is 0 Å². The summed E-state index contributed by atoms with van der Waals surface area (Å²) in [5.74, 6) is -1.48. The van der Waals surface area contributed by atoms with Crippen LogP contribution in [0.4, 0.5) is 0 Å². The molecule has 2 aromatic heterocycles. The molecule has 29 heavy (non-hydrogen) atoms. The van der Waals surface area contributed by atoms with Crippen molar-refractivity contribution < 1.29 is 19.4 Å². The lowest BCUT2D eigenvalue weighted by Crippen LogP contribution is -2.40. The van der Waals surface area contributed by atoms with Gasteiger partial charge in [0.1, 0.15) is 17.3 Å². The molecule has 0 spiro atoms. The van der Waals surface area contributed by atoms with E-state index in [-0.39, 0.29) is 16.9 Å². The monoisotopic (exact) mass is 400 g/mol. The van der Waals surface area contributed by atoms with E-state index in [1.54, 1.807) is 24.3 Å². The van der Waals surface area contributed by atoms with Crippen molar-refractivity contribution >= 4 is 0 Å². The molecule has 2 heterocycles. The minimum atomic E-state index is -1.19. The number of nitrogens with zero attached hydrogens (tertiary/aromatic N) is 2. The Hall–Kier alpha value is -3.75. The molecule has 0 bridgehead atoms. The van der Waals surface area contributed by atoms with E-state index >= 15 is 0 Å². The summed E-state index contributed by atoms with van der Waals surface area (Å²) in [7, 11) is 4.04. The van der Waals surface area contributed by atoms with Crippen LogP contribution in [0.3, 0.4) is 0 Å². The fraction of sp³-hybridized carbons (Fsp3) is 0.250. The van der Waals surface area contributed by atoms with Crippen molar-refractivity contribution in [3.63, 3.8) is 0 Å². The first kappa shape index (κ1) is 20.0. The average Bonchev–Trinajstić information content (AvgIpc) is 2.69. The molecule has 1 unspecified atom stereocenters. The van der Waals surface area contributed by atoms with Gasteiger partial charge in [-0.25, -0.2) is 9.59 Å². The molecule has 0 aliphatic heterocycles. The molecule has 1 aromatic carbocycles. The summed E-state index contributed by atoms with van der Waals surface area (Å²) in [5.41, 5.74) is -2.46. The zero-order valence-electron chi connectivity index (χ0n) is 16.3. The molecule has 0 aliphatic rings. The molecule has 0 saturated heterocycles. The van der Waals surface area contributed by atoms with Crippen molar-refractivity contribution in [2.45, 2.75) is 12.8 Å². The number of ether oxygens (including phenoxy) is 1. The van der Waals surface area contributed by atoms with E-state index in [4.69, 9.17) is 9.15 Å². The van der Waals surface area contributed by atoms with Gasteiger partial charge in [-0.1, -0.05) is 12.1 Å². The third-order valence-corrected chi connectivity index (χ3v) is 4.78. The topological polar surface area (TPSA) is 124 Å². The normalized spacial score (nSPS) is 12.0. The van der Waals surface area contributed by atoms with E-state index in [2.05, 4.69) is 0 Å². The number of hydrogen-bond acceptors (Lipinski definition) is 7. The van der Waals surface area contributed by atoms with Gasteiger partial charge in [0.15, 0.2) is 0 Å². The number of aromatic hydroxyl groups is 2. The first-order chi connectivity index (χ1) is 13.7. The number of rotatable bonds is 4. The Labute approximate surface area is 164 Å². The highest BCUT2D eigenvalue weighted by atomic mass is 16.5. The zero-order valence-corrected chi connectivity index (χ0v) is 16.3. The standard InChI is InChI=1S/C20H20N2O7/c1-10-9-13(23)15(19(26)29-10)14(11-5-7-12(28-4)8-6-11)16-17(24)21(2)20(27)22(3)18(16)25/h5-9,14,23-24H,1-4H3. The van der Waals surface area contributed by atoms with Crippen LogP contribution in [0.1, 0.15) is 28.4 Å². The lowest BCUT2D eigenvalue weighted by Gasteiger charge is -2.20. The van der Waals surface area contributed by atoms with Gasteiger partial charge in [-0.3, -0.25) is 13.9 Å². The highest BCUT2D eigenvalue weighted by molar-refractivity contribution is 5.50. The maximum atomic E-state index is 12.9. The molecule has 9 heteroatoms. The van der Waals surface area contributed by atoms with Crippen LogP contribution in [0.15, 0.2) is 49.1 Å². The number of benzene rings is 1. The Bertz CT molecular complexity index is 1250. The van der Waals surface area contributed by atoms with Crippen molar-refractivity contribution in [2.75, 3.05) is 7.11 Å². The van der Waals surface area contributed by atoms with E-state index < -0.39 is 34.4 Å². The summed E-state index contributed by atoms with van der Waals surface area (Å²) in [6, 6.07) is 7.65. The van der Waals surface area contributed by atoms with Crippen LogP contribution in [0.5, 0.6) is 17.4 Å². The molecule has 0 radical (unpaired) electrons. The Kier molecular flexibility index (Phi) is 5.06. The van der Waals surface area contributed by atoms with Crippen LogP contribution in [0.25, 0.3) is 0 Å². The minimum Gasteiger partial charge on any atom is -0.507 e. The van der Waals surface area contributed by atoms with Crippen LogP contribution < -0.4 is 21.6 Å². The number of methoxy groups -OCH3 is 1. The fourth-order valence-corrected chi connectivity index (χ4v) is 3.26. The van der Waals surface area contributed by atoms with Crippen LogP contribution in [0.2, 0.25) is 0 Å². The van der Waals surface area contributed by atoms with Crippen LogP contribution in [-0.4, -0.2) is 26.5 Å². The maximum Gasteiger partial charge on any atom is 0.343 e. The Morgan fingerprint density at radius 1 is 1.00 bits per heavy atom. The SMILES string of the molecule is COc1ccc(C(c2c(O)cc(C)oc2=O)c2c(O)n(C)c(=O)n(C)c2=O)cc1. The second-order valence-electron chi connectivity index (χ2n) is 6.59. The summed E-state index contributed by atoms with van der Waals surface area (Å²) < 4.78 is 12.0. The van der Waals surface area contributed by atoms with Gasteiger partial charge in [0, 0.05) is 20.2 Å². The third-order valence-electron chi connectivity index (χ3n) is 4.78. The minimum absolute atomic E-state index is 0.183. The van der Waals surface area contributed by atoms with E-state index in [9.17, 15) is 24.6 Å². The predicted octanol–water partition coefficient (Wildman–Crippen LogP) is 0.946. The Morgan fingerprint density at radius 2 is 1.62 bits per heavy atom. The van der Waals surface area contributed by atoms with E-state index in [1.807, 2.05) is 0 Å². The van der Waals surface area contributed by atoms with E-state index in [1.165, 1.54) is 34.2 Å². The second-order valence-corrected chi connectivity index (χ2v) is 6.59.